The van der Waals surface area contributed by atoms with E-state index in [1.807, 2.05) is 0 Å². The van der Waals surface area contributed by atoms with E-state index < -0.39 is 11.2 Å². The number of rotatable bonds is 4. The van der Waals surface area contributed by atoms with Crippen LogP contribution in [-0.4, -0.2) is 32.1 Å². The molecule has 1 fully saturated rings. The van der Waals surface area contributed by atoms with Gasteiger partial charge < -0.3 is 9.47 Å². The average molecular weight is 226 g/mol. The Hall–Kier alpha value is -1.46. The molecule has 0 atom stereocenters. The molecule has 8 heteroatoms. The molecule has 0 radical (unpaired) electrons. The van der Waals surface area contributed by atoms with Crippen molar-refractivity contribution in [1.29, 1.82) is 0 Å². The summed E-state index contributed by atoms with van der Waals surface area (Å²) in [6.07, 6.45) is 0. The van der Waals surface area contributed by atoms with Crippen LogP contribution in [0.15, 0.2) is 10.2 Å². The SMILES string of the molecule is CC1(C)OCC(CN=[N+]=[N-])(CN=[N+]=[N-])CO1. The maximum atomic E-state index is 8.31. The molecule has 16 heavy (non-hydrogen) atoms. The van der Waals surface area contributed by atoms with Crippen molar-refractivity contribution in [3.05, 3.63) is 20.9 Å². The maximum Gasteiger partial charge on any atom is 0.162 e. The Morgan fingerprint density at radius 1 is 1.06 bits per heavy atom. The molecule has 0 saturated carbocycles. The van der Waals surface area contributed by atoms with Gasteiger partial charge in [0.2, 0.25) is 0 Å². The highest BCUT2D eigenvalue weighted by Crippen LogP contribution is 2.30. The topological polar surface area (TPSA) is 116 Å². The van der Waals surface area contributed by atoms with Crippen molar-refractivity contribution in [2.75, 3.05) is 26.3 Å². The number of hydrogen-bond acceptors (Lipinski definition) is 4. The Balaban J connectivity index is 2.72. The fourth-order valence-electron chi connectivity index (χ4n) is 1.33. The first kappa shape index (κ1) is 12.6. The first-order valence-corrected chi connectivity index (χ1v) is 4.83. The van der Waals surface area contributed by atoms with Crippen LogP contribution >= 0.6 is 0 Å². The minimum Gasteiger partial charge on any atom is -0.350 e. The molecular formula is C8H14N6O2. The van der Waals surface area contributed by atoms with Crippen LogP contribution in [0.3, 0.4) is 0 Å². The van der Waals surface area contributed by atoms with Gasteiger partial charge in [-0.1, -0.05) is 10.2 Å². The van der Waals surface area contributed by atoms with E-state index in [0.29, 0.717) is 13.2 Å². The number of nitrogens with zero attached hydrogens (tertiary/aromatic N) is 6. The van der Waals surface area contributed by atoms with Gasteiger partial charge >= 0.3 is 0 Å². The van der Waals surface area contributed by atoms with Crippen molar-refractivity contribution in [1.82, 2.24) is 0 Å². The summed E-state index contributed by atoms with van der Waals surface area (Å²) < 4.78 is 11.0. The summed E-state index contributed by atoms with van der Waals surface area (Å²) in [6, 6.07) is 0. The molecule has 0 bridgehead atoms. The van der Waals surface area contributed by atoms with Crippen molar-refractivity contribution in [3.63, 3.8) is 0 Å². The molecule has 0 aliphatic carbocycles. The lowest BCUT2D eigenvalue weighted by atomic mass is 9.89. The first-order valence-electron chi connectivity index (χ1n) is 4.83. The van der Waals surface area contributed by atoms with Crippen molar-refractivity contribution in [2.24, 2.45) is 15.6 Å². The molecular weight excluding hydrogens is 212 g/mol. The molecule has 1 aliphatic rings. The summed E-state index contributed by atoms with van der Waals surface area (Å²) in [5.41, 5.74) is 16.1. The Labute approximate surface area is 92.8 Å². The highest BCUT2D eigenvalue weighted by molar-refractivity contribution is 4.88. The third-order valence-corrected chi connectivity index (χ3v) is 2.39. The van der Waals surface area contributed by atoms with Crippen LogP contribution in [0.5, 0.6) is 0 Å². The van der Waals surface area contributed by atoms with Crippen LogP contribution in [0.1, 0.15) is 13.8 Å². The average Bonchev–Trinajstić information content (AvgIpc) is 2.27. The van der Waals surface area contributed by atoms with Gasteiger partial charge in [-0.05, 0) is 24.9 Å². The van der Waals surface area contributed by atoms with Gasteiger partial charge in [0, 0.05) is 28.3 Å². The van der Waals surface area contributed by atoms with Gasteiger partial charge in [0.25, 0.3) is 0 Å². The summed E-state index contributed by atoms with van der Waals surface area (Å²) in [4.78, 5) is 5.40. The van der Waals surface area contributed by atoms with Crippen LogP contribution in [0, 0.1) is 5.41 Å². The van der Waals surface area contributed by atoms with Crippen LogP contribution in [-0.2, 0) is 9.47 Å². The first-order chi connectivity index (χ1) is 7.54. The molecule has 1 rings (SSSR count). The van der Waals surface area contributed by atoms with Crippen molar-refractivity contribution >= 4 is 0 Å². The van der Waals surface area contributed by atoms with Gasteiger partial charge in [-0.2, -0.15) is 0 Å². The molecule has 88 valence electrons. The van der Waals surface area contributed by atoms with Gasteiger partial charge in [0.15, 0.2) is 5.79 Å². The van der Waals surface area contributed by atoms with Gasteiger partial charge in [-0.15, -0.1) is 0 Å². The van der Waals surface area contributed by atoms with E-state index in [1.165, 1.54) is 0 Å². The van der Waals surface area contributed by atoms with Gasteiger partial charge in [0.1, 0.15) is 0 Å². The predicted octanol–water partition coefficient (Wildman–Crippen LogP) is 2.38. The van der Waals surface area contributed by atoms with Crippen LogP contribution < -0.4 is 0 Å². The molecule has 0 aromatic carbocycles. The summed E-state index contributed by atoms with van der Waals surface area (Å²) in [5.74, 6) is -0.643. The van der Waals surface area contributed by atoms with E-state index >= 15 is 0 Å². The van der Waals surface area contributed by atoms with E-state index in [4.69, 9.17) is 20.5 Å². The fourth-order valence-corrected chi connectivity index (χ4v) is 1.33. The molecule has 0 aromatic rings. The third-order valence-electron chi connectivity index (χ3n) is 2.39. The van der Waals surface area contributed by atoms with E-state index in [9.17, 15) is 0 Å². The second kappa shape index (κ2) is 5.05. The summed E-state index contributed by atoms with van der Waals surface area (Å²) in [5, 5.41) is 7.01. The Bertz CT molecular complexity index is 310. The minimum atomic E-state index is -0.643. The summed E-state index contributed by atoms with van der Waals surface area (Å²) >= 11 is 0. The molecule has 1 heterocycles. The van der Waals surface area contributed by atoms with Crippen molar-refractivity contribution in [3.8, 4) is 0 Å². The van der Waals surface area contributed by atoms with E-state index in [-0.39, 0.29) is 13.1 Å². The van der Waals surface area contributed by atoms with Crippen LogP contribution in [0.2, 0.25) is 0 Å². The number of ether oxygens (including phenoxy) is 2. The van der Waals surface area contributed by atoms with Crippen molar-refractivity contribution < 1.29 is 9.47 Å². The smallest absolute Gasteiger partial charge is 0.162 e. The molecule has 0 spiro atoms. The Kier molecular flexibility index (Phi) is 3.98. The normalized spacial score (nSPS) is 21.6. The molecule has 1 saturated heterocycles. The lowest BCUT2D eigenvalue weighted by Crippen LogP contribution is -2.49. The highest BCUT2D eigenvalue weighted by Gasteiger charge is 2.39. The zero-order chi connectivity index (χ0) is 12.1. The van der Waals surface area contributed by atoms with Gasteiger partial charge in [-0.25, -0.2) is 0 Å². The van der Waals surface area contributed by atoms with Crippen LogP contribution in [0.25, 0.3) is 20.9 Å². The predicted molar refractivity (Wildman–Crippen MR) is 56.4 cm³/mol. The summed E-state index contributed by atoms with van der Waals surface area (Å²) in [7, 11) is 0. The Morgan fingerprint density at radius 2 is 1.50 bits per heavy atom. The second-order valence-electron chi connectivity index (χ2n) is 4.26. The Morgan fingerprint density at radius 3 is 1.88 bits per heavy atom. The van der Waals surface area contributed by atoms with Crippen LogP contribution in [0.4, 0.5) is 0 Å². The fraction of sp³-hybridized carbons (Fsp3) is 1.00. The molecule has 0 aromatic heterocycles. The zero-order valence-corrected chi connectivity index (χ0v) is 9.33. The van der Waals surface area contributed by atoms with E-state index in [1.54, 1.807) is 13.8 Å². The van der Waals surface area contributed by atoms with Gasteiger partial charge in [0.05, 0.1) is 13.2 Å². The van der Waals surface area contributed by atoms with Crippen molar-refractivity contribution in [2.45, 2.75) is 19.6 Å². The highest BCUT2D eigenvalue weighted by atomic mass is 16.7. The third kappa shape index (κ3) is 3.29. The largest absolute Gasteiger partial charge is 0.350 e. The van der Waals surface area contributed by atoms with E-state index in [2.05, 4.69) is 20.1 Å². The lowest BCUT2D eigenvalue weighted by molar-refractivity contribution is -0.281. The number of hydrogen-bond donors (Lipinski definition) is 0. The lowest BCUT2D eigenvalue weighted by Gasteiger charge is -2.42. The molecule has 8 nitrogen and oxygen atoms in total. The molecule has 0 unspecified atom stereocenters. The minimum absolute atomic E-state index is 0.193. The quantitative estimate of drug-likeness (QED) is 0.415. The monoisotopic (exact) mass is 226 g/mol. The molecule has 0 amide bonds. The standard InChI is InChI=1S/C8H14N6O2/c1-7(2)15-5-8(6-16-7,3-11-13-9)4-12-14-10/h3-6H2,1-2H3. The summed E-state index contributed by atoms with van der Waals surface area (Å²) in [6.45, 7) is 4.68. The molecule has 1 aliphatic heterocycles. The van der Waals surface area contributed by atoms with Gasteiger partial charge in [-0.3, -0.25) is 0 Å². The number of azide groups is 2. The zero-order valence-electron chi connectivity index (χ0n) is 9.33. The van der Waals surface area contributed by atoms with E-state index in [0.717, 1.165) is 0 Å². The second-order valence-corrected chi connectivity index (χ2v) is 4.26. The maximum absolute atomic E-state index is 8.31. The molecule has 0 N–H and O–H groups in total.